The Bertz CT molecular complexity index is 1020. The maximum atomic E-state index is 4.70. The maximum Gasteiger partial charge on any atom is 0.229 e. The molecule has 0 fully saturated rings. The van der Waals surface area contributed by atoms with Crippen LogP contribution in [0.5, 0.6) is 0 Å². The first-order valence-electron chi connectivity index (χ1n) is 8.68. The summed E-state index contributed by atoms with van der Waals surface area (Å²) in [5, 5.41) is 7.62. The van der Waals surface area contributed by atoms with Crippen molar-refractivity contribution in [1.29, 1.82) is 0 Å². The minimum atomic E-state index is 0.567. The van der Waals surface area contributed by atoms with Crippen molar-refractivity contribution in [3.63, 3.8) is 0 Å². The van der Waals surface area contributed by atoms with E-state index in [0.29, 0.717) is 12.5 Å². The molecule has 0 radical (unpaired) electrons. The zero-order valence-electron chi connectivity index (χ0n) is 14.9. The van der Waals surface area contributed by atoms with Gasteiger partial charge in [-0.25, -0.2) is 9.97 Å². The molecule has 0 amide bonds. The van der Waals surface area contributed by atoms with E-state index in [0.717, 1.165) is 27.8 Å². The molecule has 2 aromatic heterocycles. The van der Waals surface area contributed by atoms with Gasteiger partial charge in [-0.3, -0.25) is 0 Å². The first-order valence-corrected chi connectivity index (χ1v) is 9.50. The summed E-state index contributed by atoms with van der Waals surface area (Å²) in [4.78, 5) is 14.7. The van der Waals surface area contributed by atoms with Crippen LogP contribution in [0.4, 0.5) is 17.5 Å². The lowest BCUT2D eigenvalue weighted by Crippen LogP contribution is -2.04. The normalized spacial score (nSPS) is 10.6. The number of aromatic nitrogens is 3. The second-order valence-corrected chi connectivity index (χ2v) is 7.09. The summed E-state index contributed by atoms with van der Waals surface area (Å²) < 4.78 is 0. The number of benzene rings is 2. The third kappa shape index (κ3) is 4.30. The van der Waals surface area contributed by atoms with Gasteiger partial charge in [0.25, 0.3) is 0 Å². The number of nitrogens with zero attached hydrogens (tertiary/aromatic N) is 3. The van der Waals surface area contributed by atoms with Gasteiger partial charge in [0.1, 0.15) is 10.8 Å². The SMILES string of the molecule is Cc1nc(-c2ccccc2)sc1CNc1ccnc(Nc2ccccc2)n1. The maximum absolute atomic E-state index is 4.70. The van der Waals surface area contributed by atoms with Crippen LogP contribution < -0.4 is 10.6 Å². The zero-order valence-corrected chi connectivity index (χ0v) is 15.7. The average molecular weight is 373 g/mol. The highest BCUT2D eigenvalue weighted by atomic mass is 32.1. The Labute approximate surface area is 162 Å². The monoisotopic (exact) mass is 373 g/mol. The van der Waals surface area contributed by atoms with E-state index in [1.165, 1.54) is 4.88 Å². The number of rotatable bonds is 6. The fourth-order valence-electron chi connectivity index (χ4n) is 2.64. The molecule has 0 unspecified atom stereocenters. The van der Waals surface area contributed by atoms with E-state index in [2.05, 4.69) is 32.7 Å². The molecule has 134 valence electrons. The summed E-state index contributed by atoms with van der Waals surface area (Å²) in [5.74, 6) is 1.34. The molecule has 0 saturated carbocycles. The smallest absolute Gasteiger partial charge is 0.229 e. The second kappa shape index (κ2) is 7.97. The van der Waals surface area contributed by atoms with Crippen LogP contribution in [0.1, 0.15) is 10.6 Å². The molecule has 0 aliphatic carbocycles. The molecule has 27 heavy (non-hydrogen) atoms. The minimum Gasteiger partial charge on any atom is -0.365 e. The Hall–Kier alpha value is -3.25. The van der Waals surface area contributed by atoms with E-state index < -0.39 is 0 Å². The van der Waals surface area contributed by atoms with Crippen LogP contribution in [-0.2, 0) is 6.54 Å². The number of para-hydroxylation sites is 1. The highest BCUT2D eigenvalue weighted by molar-refractivity contribution is 7.15. The summed E-state index contributed by atoms with van der Waals surface area (Å²) in [5.41, 5.74) is 3.15. The Kier molecular flexibility index (Phi) is 5.07. The molecule has 2 aromatic carbocycles. The lowest BCUT2D eigenvalue weighted by molar-refractivity contribution is 1.08. The van der Waals surface area contributed by atoms with Crippen molar-refractivity contribution in [1.82, 2.24) is 15.0 Å². The zero-order chi connectivity index (χ0) is 18.5. The molecular weight excluding hydrogens is 354 g/mol. The molecule has 5 nitrogen and oxygen atoms in total. The molecule has 0 aliphatic rings. The van der Waals surface area contributed by atoms with Gasteiger partial charge in [0, 0.05) is 22.3 Å². The van der Waals surface area contributed by atoms with Crippen molar-refractivity contribution >= 4 is 28.8 Å². The van der Waals surface area contributed by atoms with Gasteiger partial charge in [0.15, 0.2) is 0 Å². The number of nitrogens with one attached hydrogen (secondary N) is 2. The summed E-state index contributed by atoms with van der Waals surface area (Å²) >= 11 is 1.71. The van der Waals surface area contributed by atoms with Gasteiger partial charge < -0.3 is 10.6 Å². The molecular formula is C21H19N5S. The van der Waals surface area contributed by atoms with Crippen LogP contribution in [0.2, 0.25) is 0 Å². The van der Waals surface area contributed by atoms with E-state index in [1.54, 1.807) is 17.5 Å². The molecule has 2 N–H and O–H groups in total. The molecule has 4 aromatic rings. The van der Waals surface area contributed by atoms with Crippen molar-refractivity contribution in [2.75, 3.05) is 10.6 Å². The van der Waals surface area contributed by atoms with Crippen LogP contribution in [0.3, 0.4) is 0 Å². The van der Waals surface area contributed by atoms with Crippen LogP contribution >= 0.6 is 11.3 Å². The van der Waals surface area contributed by atoms with Crippen molar-refractivity contribution < 1.29 is 0 Å². The fraction of sp³-hybridized carbons (Fsp3) is 0.0952. The van der Waals surface area contributed by atoms with Gasteiger partial charge in [-0.15, -0.1) is 11.3 Å². The topological polar surface area (TPSA) is 62.7 Å². The Morgan fingerprint density at radius 3 is 2.41 bits per heavy atom. The number of aryl methyl sites for hydroxylation is 1. The van der Waals surface area contributed by atoms with Gasteiger partial charge in [-0.2, -0.15) is 4.98 Å². The van der Waals surface area contributed by atoms with E-state index in [-0.39, 0.29) is 0 Å². The molecule has 0 aliphatic heterocycles. The van der Waals surface area contributed by atoms with E-state index in [1.807, 2.05) is 61.5 Å². The predicted molar refractivity (Wildman–Crippen MR) is 111 cm³/mol. The molecule has 0 spiro atoms. The third-order valence-corrected chi connectivity index (χ3v) is 5.24. The largest absolute Gasteiger partial charge is 0.365 e. The van der Waals surface area contributed by atoms with Crippen molar-refractivity contribution in [2.45, 2.75) is 13.5 Å². The highest BCUT2D eigenvalue weighted by Crippen LogP contribution is 2.28. The fourth-order valence-corrected chi connectivity index (χ4v) is 3.64. The average Bonchev–Trinajstić information content (AvgIpc) is 3.09. The van der Waals surface area contributed by atoms with Crippen molar-refractivity contribution in [2.24, 2.45) is 0 Å². The Morgan fingerprint density at radius 1 is 0.889 bits per heavy atom. The molecule has 2 heterocycles. The van der Waals surface area contributed by atoms with Gasteiger partial charge >= 0.3 is 0 Å². The Balaban J connectivity index is 1.45. The third-order valence-electron chi connectivity index (χ3n) is 4.03. The van der Waals surface area contributed by atoms with Crippen LogP contribution in [0.15, 0.2) is 72.9 Å². The first kappa shape index (κ1) is 17.2. The van der Waals surface area contributed by atoms with Crippen LogP contribution in [-0.4, -0.2) is 15.0 Å². The van der Waals surface area contributed by atoms with Gasteiger partial charge in [-0.1, -0.05) is 48.5 Å². The molecule has 0 bridgehead atoms. The molecule has 0 saturated heterocycles. The summed E-state index contributed by atoms with van der Waals surface area (Å²) in [7, 11) is 0. The van der Waals surface area contributed by atoms with E-state index in [9.17, 15) is 0 Å². The summed E-state index contributed by atoms with van der Waals surface area (Å²) in [6.07, 6.45) is 1.75. The van der Waals surface area contributed by atoms with Crippen LogP contribution in [0.25, 0.3) is 10.6 Å². The van der Waals surface area contributed by atoms with Crippen molar-refractivity contribution in [3.8, 4) is 10.6 Å². The lowest BCUT2D eigenvalue weighted by Gasteiger charge is -2.08. The minimum absolute atomic E-state index is 0.567. The number of anilines is 3. The predicted octanol–water partition coefficient (Wildman–Crippen LogP) is 5.26. The highest BCUT2D eigenvalue weighted by Gasteiger charge is 2.09. The standard InChI is InChI=1S/C21H19N5S/c1-15-18(27-20(24-15)16-8-4-2-5-9-16)14-23-19-12-13-22-21(26-19)25-17-10-6-3-7-11-17/h2-13H,14H2,1H3,(H2,22,23,25,26). The number of thiazole rings is 1. The first-order chi connectivity index (χ1) is 13.3. The molecule has 4 rings (SSSR count). The number of hydrogen-bond donors (Lipinski definition) is 2. The molecule has 0 atom stereocenters. The molecule has 6 heteroatoms. The van der Waals surface area contributed by atoms with Gasteiger partial charge in [0.05, 0.1) is 12.2 Å². The quantitative estimate of drug-likeness (QED) is 0.482. The van der Waals surface area contributed by atoms with Gasteiger partial charge in [-0.05, 0) is 25.1 Å². The summed E-state index contributed by atoms with van der Waals surface area (Å²) in [6, 6.07) is 22.0. The van der Waals surface area contributed by atoms with Crippen molar-refractivity contribution in [3.05, 3.63) is 83.5 Å². The van der Waals surface area contributed by atoms with E-state index in [4.69, 9.17) is 4.98 Å². The van der Waals surface area contributed by atoms with Crippen LogP contribution in [0, 0.1) is 6.92 Å². The van der Waals surface area contributed by atoms with E-state index >= 15 is 0 Å². The Morgan fingerprint density at radius 2 is 1.63 bits per heavy atom. The summed E-state index contributed by atoms with van der Waals surface area (Å²) in [6.45, 7) is 2.72. The number of hydrogen-bond acceptors (Lipinski definition) is 6. The second-order valence-electron chi connectivity index (χ2n) is 6.00. The lowest BCUT2D eigenvalue weighted by atomic mass is 10.2. The van der Waals surface area contributed by atoms with Gasteiger partial charge in [0.2, 0.25) is 5.95 Å².